The number of carbonyl (C=O) groups is 1. The molecule has 3 aromatic heterocycles. The van der Waals surface area contributed by atoms with E-state index in [9.17, 15) is 14.4 Å². The van der Waals surface area contributed by atoms with E-state index in [2.05, 4.69) is 10.5 Å². The van der Waals surface area contributed by atoms with Crippen LogP contribution in [0.5, 0.6) is 0 Å². The van der Waals surface area contributed by atoms with E-state index in [0.717, 1.165) is 4.57 Å². The number of imidazole rings is 2. The molecule has 1 fully saturated rings. The number of benzene rings is 1. The Morgan fingerprint density at radius 2 is 1.81 bits per heavy atom. The molecule has 4 aromatic rings. The Bertz CT molecular complexity index is 1830. The fraction of sp³-hybridized carbons (Fsp3) is 0.407. The highest BCUT2D eigenvalue weighted by Gasteiger charge is 2.31. The lowest BCUT2D eigenvalue weighted by Gasteiger charge is -2.34. The molecule has 0 radical (unpaired) electrons. The lowest BCUT2D eigenvalue weighted by Crippen LogP contribution is -2.50. The summed E-state index contributed by atoms with van der Waals surface area (Å²) >= 11 is 12.2. The first-order valence-corrected chi connectivity index (χ1v) is 14.6. The number of aromatic nitrogens is 6. The van der Waals surface area contributed by atoms with E-state index in [1.54, 1.807) is 62.6 Å². The second kappa shape index (κ2) is 12.1. The van der Waals surface area contributed by atoms with E-state index in [0.29, 0.717) is 53.6 Å². The van der Waals surface area contributed by atoms with Crippen molar-refractivity contribution >= 4 is 52.2 Å². The maximum atomic E-state index is 13.3. The van der Waals surface area contributed by atoms with Crippen LogP contribution in [0.1, 0.15) is 19.4 Å². The zero-order valence-corrected chi connectivity index (χ0v) is 26.0. The molecule has 0 aliphatic carbocycles. The minimum absolute atomic E-state index is 0.120. The molecule has 1 unspecified atom stereocenters. The third-order valence-corrected chi connectivity index (χ3v) is 7.97. The molecule has 0 saturated carbocycles. The molecule has 5 heterocycles. The summed E-state index contributed by atoms with van der Waals surface area (Å²) in [7, 11) is 4.86. The summed E-state index contributed by atoms with van der Waals surface area (Å²) in [6, 6.07) is 4.94. The fourth-order valence-electron chi connectivity index (χ4n) is 5.00. The van der Waals surface area contributed by atoms with Crippen LogP contribution in [0.2, 0.25) is 10.0 Å². The average molecular weight is 633 g/mol. The first kappa shape index (κ1) is 30.2. The van der Waals surface area contributed by atoms with Gasteiger partial charge in [0.15, 0.2) is 11.2 Å². The predicted octanol–water partition coefficient (Wildman–Crippen LogP) is 1.49. The van der Waals surface area contributed by atoms with Crippen molar-refractivity contribution in [2.24, 2.45) is 26.2 Å². The number of ether oxygens (including phenoxy) is 1. The standard InChI is InChI=1S/C25H27Cl2N10O4.C2H6/c1-31-6-7-36(14-31)25(40)35-10-8-34(9-11-35)23-28-20-19(22(38)33(3)24(39)32(20)2)37(23)13-18-29-30-21(41-18)15-4-5-16(26)17(27)12-15;1-2/h4-7,12,14,18,29H,8-11,13H2,1-3H3;1-2H3/q+1;. The summed E-state index contributed by atoms with van der Waals surface area (Å²) in [6.45, 7) is 6.00. The van der Waals surface area contributed by atoms with Crippen molar-refractivity contribution < 1.29 is 14.1 Å². The zero-order valence-electron chi connectivity index (χ0n) is 24.5. The van der Waals surface area contributed by atoms with Gasteiger partial charge in [0.05, 0.1) is 23.6 Å². The SMILES string of the molecule is CC.Cn1c(=O)c2c(nc(N3CCN(C(=O)n4cc[n+](C)c4)CC3)n2CC2NN=C(c3ccc(Cl)c(Cl)c3)O2)n(C)c1=O. The Balaban J connectivity index is 0.00000180. The van der Waals surface area contributed by atoms with Gasteiger partial charge in [-0.15, -0.1) is 5.10 Å². The van der Waals surface area contributed by atoms with Gasteiger partial charge >= 0.3 is 11.7 Å². The van der Waals surface area contributed by atoms with Gasteiger partial charge in [-0.1, -0.05) is 37.0 Å². The van der Waals surface area contributed by atoms with Crippen LogP contribution in [0, 0.1) is 0 Å². The van der Waals surface area contributed by atoms with Crippen molar-refractivity contribution in [3.8, 4) is 0 Å². The third-order valence-electron chi connectivity index (χ3n) is 7.23. The number of nitrogens with zero attached hydrogens (tertiary/aromatic N) is 9. The molecule has 228 valence electrons. The number of hydrazone groups is 1. The normalized spacial score (nSPS) is 16.4. The molecule has 0 bridgehead atoms. The van der Waals surface area contributed by atoms with Gasteiger partial charge in [0.25, 0.3) is 11.9 Å². The van der Waals surface area contributed by atoms with Crippen LogP contribution in [0.3, 0.4) is 0 Å². The number of piperazine rings is 1. The maximum Gasteiger partial charge on any atom is 0.415 e. The number of fused-ring (bicyclic) bond motifs is 1. The maximum absolute atomic E-state index is 13.3. The minimum atomic E-state index is -0.644. The fourth-order valence-corrected chi connectivity index (χ4v) is 5.30. The van der Waals surface area contributed by atoms with Crippen molar-refractivity contribution in [3.63, 3.8) is 0 Å². The minimum Gasteiger partial charge on any atom is -0.449 e. The van der Waals surface area contributed by atoms with Gasteiger partial charge in [-0.2, -0.15) is 9.55 Å². The van der Waals surface area contributed by atoms with Crippen LogP contribution in [0.4, 0.5) is 10.7 Å². The molecule has 1 amide bonds. The summed E-state index contributed by atoms with van der Waals surface area (Å²) in [6.07, 6.45) is 4.59. The summed E-state index contributed by atoms with van der Waals surface area (Å²) in [5.74, 6) is 0.816. The van der Waals surface area contributed by atoms with E-state index < -0.39 is 17.5 Å². The van der Waals surface area contributed by atoms with Crippen molar-refractivity contribution in [2.45, 2.75) is 26.6 Å². The Morgan fingerprint density at radius 3 is 2.47 bits per heavy atom. The number of amides is 1. The van der Waals surface area contributed by atoms with Crippen LogP contribution in [0.25, 0.3) is 11.2 Å². The number of hydrogen-bond acceptors (Lipinski definition) is 8. The molecular formula is C27H33Cl2N10O4+. The molecule has 1 saturated heterocycles. The number of aryl methyl sites for hydroxylation is 2. The average Bonchev–Trinajstić information content (AvgIpc) is 3.76. The van der Waals surface area contributed by atoms with Gasteiger partial charge in [-0.3, -0.25) is 23.9 Å². The van der Waals surface area contributed by atoms with E-state index in [4.69, 9.17) is 32.9 Å². The van der Waals surface area contributed by atoms with E-state index >= 15 is 0 Å². The lowest BCUT2D eigenvalue weighted by atomic mass is 10.2. The highest BCUT2D eigenvalue weighted by Crippen LogP contribution is 2.26. The zero-order chi connectivity index (χ0) is 31.0. The molecular weight excluding hydrogens is 599 g/mol. The number of anilines is 1. The monoisotopic (exact) mass is 631 g/mol. The van der Waals surface area contributed by atoms with Gasteiger partial charge in [-0.05, 0) is 18.2 Å². The van der Waals surface area contributed by atoms with Gasteiger partial charge in [0, 0.05) is 45.8 Å². The van der Waals surface area contributed by atoms with Crippen molar-refractivity contribution in [2.75, 3.05) is 31.1 Å². The van der Waals surface area contributed by atoms with Crippen LogP contribution < -0.4 is 26.1 Å². The van der Waals surface area contributed by atoms with E-state index in [1.807, 2.05) is 25.8 Å². The number of rotatable bonds is 4. The lowest BCUT2D eigenvalue weighted by molar-refractivity contribution is -0.670. The molecule has 1 N–H and O–H groups in total. The summed E-state index contributed by atoms with van der Waals surface area (Å²) < 4.78 is 13.6. The molecule has 1 atom stereocenters. The van der Waals surface area contributed by atoms with Gasteiger partial charge < -0.3 is 14.5 Å². The Labute approximate surface area is 256 Å². The van der Waals surface area contributed by atoms with Crippen molar-refractivity contribution in [1.82, 2.24) is 33.6 Å². The highest BCUT2D eigenvalue weighted by atomic mass is 35.5. The number of carbonyl (C=O) groups excluding carboxylic acids is 1. The van der Waals surface area contributed by atoms with Crippen molar-refractivity contribution in [3.05, 3.63) is 73.4 Å². The highest BCUT2D eigenvalue weighted by molar-refractivity contribution is 6.42. The van der Waals surface area contributed by atoms with Gasteiger partial charge in [-0.25, -0.2) is 14.2 Å². The van der Waals surface area contributed by atoms with Gasteiger partial charge in [0.1, 0.15) is 12.4 Å². The summed E-state index contributed by atoms with van der Waals surface area (Å²) in [5.41, 5.74) is 3.17. The molecule has 14 nitrogen and oxygen atoms in total. The topological polar surface area (TPSA) is 128 Å². The van der Waals surface area contributed by atoms with Crippen LogP contribution in [-0.4, -0.2) is 72.5 Å². The Morgan fingerprint density at radius 1 is 1.09 bits per heavy atom. The van der Waals surface area contributed by atoms with Crippen LogP contribution in [-0.2, 0) is 32.4 Å². The molecule has 6 rings (SSSR count). The summed E-state index contributed by atoms with van der Waals surface area (Å²) in [4.78, 5) is 47.5. The molecule has 1 aromatic carbocycles. The summed E-state index contributed by atoms with van der Waals surface area (Å²) in [5, 5.41) is 5.09. The van der Waals surface area contributed by atoms with Crippen LogP contribution in [0.15, 0.2) is 51.6 Å². The molecule has 2 aliphatic heterocycles. The van der Waals surface area contributed by atoms with E-state index in [1.165, 1.54) is 11.6 Å². The quantitative estimate of drug-likeness (QED) is 0.338. The van der Waals surface area contributed by atoms with Crippen molar-refractivity contribution in [1.29, 1.82) is 0 Å². The second-order valence-corrected chi connectivity index (χ2v) is 10.7. The van der Waals surface area contributed by atoms with Gasteiger partial charge in [0.2, 0.25) is 18.1 Å². The first-order valence-electron chi connectivity index (χ1n) is 13.8. The number of hydrogen-bond donors (Lipinski definition) is 1. The smallest absolute Gasteiger partial charge is 0.415 e. The number of halogens is 2. The number of nitrogens with one attached hydrogen (secondary N) is 1. The molecule has 43 heavy (non-hydrogen) atoms. The molecule has 16 heteroatoms. The Hall–Kier alpha value is -4.30. The largest absolute Gasteiger partial charge is 0.449 e. The second-order valence-electron chi connectivity index (χ2n) is 9.92. The van der Waals surface area contributed by atoms with E-state index in [-0.39, 0.29) is 23.7 Å². The molecule has 2 aliphatic rings. The van der Waals surface area contributed by atoms with Crippen LogP contribution >= 0.6 is 23.2 Å². The predicted molar refractivity (Wildman–Crippen MR) is 163 cm³/mol. The Kier molecular flexibility index (Phi) is 8.51. The first-order chi connectivity index (χ1) is 20.6. The third kappa shape index (κ3) is 5.59. The molecule has 0 spiro atoms.